The maximum atomic E-state index is 13.7. The number of ketones is 2. The van der Waals surface area contributed by atoms with Gasteiger partial charge in [0.05, 0.1) is 38.4 Å². The second-order valence-corrected chi connectivity index (χ2v) is 11.5. The van der Waals surface area contributed by atoms with Gasteiger partial charge in [0.15, 0.2) is 17.7 Å². The number of carbonyl (C=O) groups excluding carboxylic acids is 5. The van der Waals surface area contributed by atoms with Crippen LogP contribution in [0.2, 0.25) is 0 Å². The van der Waals surface area contributed by atoms with E-state index < -0.39 is 47.4 Å². The summed E-state index contributed by atoms with van der Waals surface area (Å²) in [6, 6.07) is 6.46. The number of Topliss-reactive ketones (excluding diaryl/α,β-unsaturated/α-hetero) is 1. The Labute approximate surface area is 253 Å². The molecule has 0 aliphatic carbocycles. The van der Waals surface area contributed by atoms with Crippen molar-refractivity contribution in [2.45, 2.75) is 79.1 Å². The summed E-state index contributed by atoms with van der Waals surface area (Å²) < 4.78 is 21.4. The molecule has 0 aromatic heterocycles. The first kappa shape index (κ1) is 35.8. The molecule has 1 saturated heterocycles. The van der Waals surface area contributed by atoms with Crippen LogP contribution in [-0.2, 0) is 38.1 Å². The molecule has 2 rings (SSSR count). The molecule has 11 heteroatoms. The largest absolute Gasteiger partial charge is 0.453 e. The van der Waals surface area contributed by atoms with Gasteiger partial charge in [-0.15, -0.1) is 0 Å². The number of rotatable bonds is 17. The summed E-state index contributed by atoms with van der Waals surface area (Å²) in [4.78, 5) is 66.6. The number of allylic oxidation sites excluding steroid dienone is 1. The molecule has 1 aliphatic rings. The minimum atomic E-state index is -1.58. The Kier molecular flexibility index (Phi) is 13.7. The van der Waals surface area contributed by atoms with Crippen LogP contribution in [0.1, 0.15) is 65.5 Å². The molecule has 1 aliphatic heterocycles. The zero-order valence-corrected chi connectivity index (χ0v) is 26.2. The SMILES string of the molecule is CC(=O)OC(C(=O)C=C(C(=O)CCCOCCOCCO)c1cccc(C)c1)C(C)C(=O)N1C(=O)OC(C)(C)C1C(C)C. The molecule has 3 atom stereocenters. The van der Waals surface area contributed by atoms with Crippen molar-refractivity contribution in [3.8, 4) is 0 Å². The van der Waals surface area contributed by atoms with Crippen LogP contribution in [0, 0.1) is 18.8 Å². The number of ether oxygens (including phenoxy) is 4. The number of esters is 1. The molecule has 0 radical (unpaired) electrons. The van der Waals surface area contributed by atoms with Crippen LogP contribution in [0.15, 0.2) is 30.3 Å². The standard InChI is InChI=1S/C32H45NO10/c1-20(2)29-32(6,7)43-31(39)33(29)30(38)22(4)28(42-23(5)35)27(37)19-25(24-11-8-10-21(3)18-24)26(36)12-9-14-40-16-17-41-15-13-34/h8,10-11,18-20,22,28-29,34H,9,12-17H2,1-7H3. The van der Waals surface area contributed by atoms with Crippen molar-refractivity contribution in [1.82, 2.24) is 4.90 Å². The first-order valence-corrected chi connectivity index (χ1v) is 14.6. The van der Waals surface area contributed by atoms with Crippen molar-refractivity contribution >= 4 is 35.1 Å². The fourth-order valence-corrected chi connectivity index (χ4v) is 5.24. The van der Waals surface area contributed by atoms with Crippen LogP contribution in [0.25, 0.3) is 5.57 Å². The quantitative estimate of drug-likeness (QED) is 0.159. The smallest absolute Gasteiger partial charge is 0.417 e. The van der Waals surface area contributed by atoms with E-state index in [1.165, 1.54) is 6.92 Å². The van der Waals surface area contributed by atoms with E-state index in [1.54, 1.807) is 32.0 Å². The Morgan fingerprint density at radius 3 is 2.30 bits per heavy atom. The Balaban J connectivity index is 2.32. The third kappa shape index (κ3) is 10.1. The number of benzene rings is 1. The molecule has 2 amide bonds. The number of aryl methyl sites for hydroxylation is 1. The average Bonchev–Trinajstić information content (AvgIpc) is 3.18. The first-order valence-electron chi connectivity index (χ1n) is 14.6. The molecule has 0 bridgehead atoms. The fraction of sp³-hybridized carbons (Fsp3) is 0.594. The van der Waals surface area contributed by atoms with Gasteiger partial charge in [-0.05, 0) is 51.7 Å². The van der Waals surface area contributed by atoms with Gasteiger partial charge in [0.25, 0.3) is 0 Å². The average molecular weight is 604 g/mol. The molecule has 3 unspecified atom stereocenters. The molecule has 0 saturated carbocycles. The number of hydrogen-bond acceptors (Lipinski definition) is 10. The van der Waals surface area contributed by atoms with Gasteiger partial charge in [-0.1, -0.05) is 43.7 Å². The van der Waals surface area contributed by atoms with Gasteiger partial charge in [-0.3, -0.25) is 19.2 Å². The Bertz CT molecular complexity index is 1190. The van der Waals surface area contributed by atoms with Gasteiger partial charge in [0.2, 0.25) is 5.91 Å². The number of carbonyl (C=O) groups is 5. The van der Waals surface area contributed by atoms with Gasteiger partial charge in [-0.25, -0.2) is 9.69 Å². The molecule has 43 heavy (non-hydrogen) atoms. The van der Waals surface area contributed by atoms with Crippen molar-refractivity contribution in [3.05, 3.63) is 41.5 Å². The van der Waals surface area contributed by atoms with Gasteiger partial charge in [0.1, 0.15) is 5.60 Å². The minimum absolute atomic E-state index is 0.0715. The molecule has 238 valence electrons. The number of cyclic esters (lactones) is 1. The van der Waals surface area contributed by atoms with E-state index in [1.807, 2.05) is 26.8 Å². The summed E-state index contributed by atoms with van der Waals surface area (Å²) >= 11 is 0. The monoisotopic (exact) mass is 603 g/mol. The van der Waals surface area contributed by atoms with Crippen LogP contribution in [0.3, 0.4) is 0 Å². The van der Waals surface area contributed by atoms with E-state index in [4.69, 9.17) is 24.1 Å². The van der Waals surface area contributed by atoms with E-state index in [2.05, 4.69) is 0 Å². The molecule has 1 heterocycles. The van der Waals surface area contributed by atoms with Crippen molar-refractivity contribution in [3.63, 3.8) is 0 Å². The molecule has 1 aromatic rings. The van der Waals surface area contributed by atoms with Gasteiger partial charge in [-0.2, -0.15) is 0 Å². The predicted octanol–water partition coefficient (Wildman–Crippen LogP) is 3.67. The van der Waals surface area contributed by atoms with Gasteiger partial charge >= 0.3 is 12.1 Å². The summed E-state index contributed by atoms with van der Waals surface area (Å²) in [6.45, 7) is 12.6. The Morgan fingerprint density at radius 2 is 1.72 bits per heavy atom. The number of hydrogen-bond donors (Lipinski definition) is 1. The maximum Gasteiger partial charge on any atom is 0.417 e. The van der Waals surface area contributed by atoms with E-state index in [9.17, 15) is 24.0 Å². The Morgan fingerprint density at radius 1 is 1.07 bits per heavy atom. The molecule has 1 aromatic carbocycles. The molecule has 1 fully saturated rings. The lowest BCUT2D eigenvalue weighted by atomic mass is 9.87. The van der Waals surface area contributed by atoms with Crippen LogP contribution in [-0.4, -0.2) is 90.3 Å². The number of aliphatic hydroxyl groups excluding tert-OH is 1. The molecule has 0 spiro atoms. The normalized spacial score (nSPS) is 17.9. The van der Waals surface area contributed by atoms with Gasteiger partial charge < -0.3 is 24.1 Å². The number of imide groups is 1. The van der Waals surface area contributed by atoms with Gasteiger partial charge in [0, 0.05) is 25.5 Å². The topological polar surface area (TPSA) is 146 Å². The zero-order chi connectivity index (χ0) is 32.3. The third-order valence-electron chi connectivity index (χ3n) is 7.04. The third-order valence-corrected chi connectivity index (χ3v) is 7.04. The van der Waals surface area contributed by atoms with E-state index in [-0.39, 0.29) is 43.5 Å². The van der Waals surface area contributed by atoms with Crippen molar-refractivity contribution in [2.75, 3.05) is 33.0 Å². The van der Waals surface area contributed by atoms with Crippen molar-refractivity contribution in [1.29, 1.82) is 0 Å². The van der Waals surface area contributed by atoms with Crippen LogP contribution >= 0.6 is 0 Å². The molecular weight excluding hydrogens is 558 g/mol. The summed E-state index contributed by atoms with van der Waals surface area (Å²) in [7, 11) is 0. The summed E-state index contributed by atoms with van der Waals surface area (Å²) in [5.41, 5.74) is 0.521. The molecular formula is C32H45NO10. The predicted molar refractivity (Wildman–Crippen MR) is 158 cm³/mol. The Hall–Kier alpha value is -3.41. The van der Waals surface area contributed by atoms with Crippen molar-refractivity contribution in [2.24, 2.45) is 11.8 Å². The van der Waals surface area contributed by atoms with Crippen LogP contribution in [0.4, 0.5) is 4.79 Å². The second kappa shape index (κ2) is 16.4. The van der Waals surface area contributed by atoms with Crippen LogP contribution < -0.4 is 0 Å². The highest BCUT2D eigenvalue weighted by Crippen LogP contribution is 2.35. The summed E-state index contributed by atoms with van der Waals surface area (Å²) in [5.74, 6) is -3.99. The lowest BCUT2D eigenvalue weighted by Crippen LogP contribution is -2.52. The minimum Gasteiger partial charge on any atom is -0.453 e. The highest BCUT2D eigenvalue weighted by molar-refractivity contribution is 6.25. The highest BCUT2D eigenvalue weighted by Gasteiger charge is 2.53. The number of aliphatic hydroxyl groups is 1. The zero-order valence-electron chi connectivity index (χ0n) is 26.2. The van der Waals surface area contributed by atoms with E-state index >= 15 is 0 Å². The van der Waals surface area contributed by atoms with Crippen molar-refractivity contribution < 1.29 is 48.0 Å². The second-order valence-electron chi connectivity index (χ2n) is 11.5. The summed E-state index contributed by atoms with van der Waals surface area (Å²) in [5, 5.41) is 8.74. The lowest BCUT2D eigenvalue weighted by Gasteiger charge is -2.33. The number of nitrogens with zero attached hydrogens (tertiary/aromatic N) is 1. The van der Waals surface area contributed by atoms with E-state index in [0.29, 0.717) is 25.2 Å². The van der Waals surface area contributed by atoms with E-state index in [0.717, 1.165) is 23.5 Å². The molecule has 11 nitrogen and oxygen atoms in total. The summed E-state index contributed by atoms with van der Waals surface area (Å²) in [6.07, 6.45) is -0.846. The van der Waals surface area contributed by atoms with Crippen LogP contribution in [0.5, 0.6) is 0 Å². The first-order chi connectivity index (χ1) is 20.2. The lowest BCUT2D eigenvalue weighted by molar-refractivity contribution is -0.158. The highest BCUT2D eigenvalue weighted by atomic mass is 16.6. The molecule has 1 N–H and O–H groups in total. The maximum absolute atomic E-state index is 13.7. The fourth-order valence-electron chi connectivity index (χ4n) is 5.24. The number of amides is 2.